The number of fused-ring (bicyclic) bond motifs is 1. The van der Waals surface area contributed by atoms with Crippen LogP contribution in [0.1, 0.15) is 11.1 Å². The van der Waals surface area contributed by atoms with E-state index in [2.05, 4.69) is 6.42 Å². The van der Waals surface area contributed by atoms with Crippen LogP contribution in [0, 0.1) is 12.3 Å². The molecule has 0 saturated heterocycles. The highest BCUT2D eigenvalue weighted by atomic mass is 19.4. The standard InChI is InChI=1S/C11H9F3O/c12-11(13,14)9-5-7-3-1-2-4-8(7)6-10(9)15/h1-4,9-10,15H,6H2. The van der Waals surface area contributed by atoms with E-state index in [0.717, 1.165) is 0 Å². The molecule has 0 aliphatic heterocycles. The normalized spacial score (nSPS) is 26.1. The number of aliphatic hydroxyl groups is 1. The molecule has 1 aliphatic carbocycles. The van der Waals surface area contributed by atoms with Gasteiger partial charge < -0.3 is 5.11 Å². The Balaban J connectivity index is 2.30. The van der Waals surface area contributed by atoms with E-state index in [-0.39, 0.29) is 6.42 Å². The number of hydrogen-bond acceptors (Lipinski definition) is 1. The maximum atomic E-state index is 12.5. The molecule has 4 heteroatoms. The zero-order valence-corrected chi connectivity index (χ0v) is 7.75. The maximum absolute atomic E-state index is 12.5. The molecule has 1 aromatic carbocycles. The first-order valence-corrected chi connectivity index (χ1v) is 4.57. The van der Waals surface area contributed by atoms with Gasteiger partial charge in [-0.3, -0.25) is 0 Å². The summed E-state index contributed by atoms with van der Waals surface area (Å²) in [5.74, 6) is -1.87. The Morgan fingerprint density at radius 3 is 2.60 bits per heavy atom. The van der Waals surface area contributed by atoms with Crippen molar-refractivity contribution in [3.05, 3.63) is 41.8 Å². The van der Waals surface area contributed by atoms with E-state index in [1.54, 1.807) is 24.3 Å². The van der Waals surface area contributed by atoms with Crippen molar-refractivity contribution < 1.29 is 18.3 Å². The van der Waals surface area contributed by atoms with Gasteiger partial charge in [0.25, 0.3) is 0 Å². The molecular formula is C11H9F3O. The summed E-state index contributed by atoms with van der Waals surface area (Å²) in [5.41, 5.74) is 1.16. The quantitative estimate of drug-likeness (QED) is 0.702. The lowest BCUT2D eigenvalue weighted by Gasteiger charge is -2.30. The Morgan fingerprint density at radius 2 is 1.93 bits per heavy atom. The van der Waals surface area contributed by atoms with Crippen molar-refractivity contribution in [1.82, 2.24) is 0 Å². The molecule has 0 amide bonds. The Morgan fingerprint density at radius 1 is 1.27 bits per heavy atom. The third kappa shape index (κ3) is 2.00. The van der Waals surface area contributed by atoms with Crippen LogP contribution in [-0.4, -0.2) is 17.4 Å². The lowest BCUT2D eigenvalue weighted by atomic mass is 9.81. The Kier molecular flexibility index (Phi) is 2.46. The lowest BCUT2D eigenvalue weighted by Crippen LogP contribution is -2.39. The molecule has 0 bridgehead atoms. The molecule has 0 spiro atoms. The summed E-state index contributed by atoms with van der Waals surface area (Å²) in [4.78, 5) is 0. The smallest absolute Gasteiger partial charge is 0.392 e. The number of aliphatic hydroxyl groups excluding tert-OH is 1. The molecule has 2 atom stereocenters. The van der Waals surface area contributed by atoms with E-state index in [4.69, 9.17) is 0 Å². The molecule has 0 aromatic heterocycles. The average Bonchev–Trinajstić information content (AvgIpc) is 2.15. The largest absolute Gasteiger partial charge is 0.395 e. The minimum Gasteiger partial charge on any atom is -0.392 e. The van der Waals surface area contributed by atoms with E-state index >= 15 is 0 Å². The van der Waals surface area contributed by atoms with Crippen LogP contribution >= 0.6 is 0 Å². The number of rotatable bonds is 0. The van der Waals surface area contributed by atoms with E-state index in [9.17, 15) is 18.3 Å². The van der Waals surface area contributed by atoms with Crippen LogP contribution in [-0.2, 0) is 6.42 Å². The summed E-state index contributed by atoms with van der Waals surface area (Å²) in [7, 11) is 0. The molecule has 0 heterocycles. The third-order valence-corrected chi connectivity index (χ3v) is 2.49. The van der Waals surface area contributed by atoms with Crippen molar-refractivity contribution in [2.24, 2.45) is 5.92 Å². The molecule has 0 fully saturated rings. The maximum Gasteiger partial charge on any atom is 0.395 e. The summed E-state index contributed by atoms with van der Waals surface area (Å²) in [6.45, 7) is 0. The predicted octanol–water partition coefficient (Wildman–Crippen LogP) is 2.21. The van der Waals surface area contributed by atoms with E-state index in [0.29, 0.717) is 11.1 Å². The van der Waals surface area contributed by atoms with Gasteiger partial charge in [-0.05, 0) is 17.5 Å². The van der Waals surface area contributed by atoms with Gasteiger partial charge in [-0.25, -0.2) is 0 Å². The van der Waals surface area contributed by atoms with Crippen molar-refractivity contribution >= 4 is 0 Å². The summed E-state index contributed by atoms with van der Waals surface area (Å²) < 4.78 is 37.4. The van der Waals surface area contributed by atoms with Gasteiger partial charge in [-0.15, -0.1) is 0 Å². The molecule has 1 nitrogen and oxygen atoms in total. The van der Waals surface area contributed by atoms with Gasteiger partial charge in [-0.1, -0.05) is 24.3 Å². The van der Waals surface area contributed by atoms with Crippen molar-refractivity contribution in [1.29, 1.82) is 0 Å². The summed E-state index contributed by atoms with van der Waals surface area (Å²) in [6, 6.07) is 6.69. The summed E-state index contributed by atoms with van der Waals surface area (Å²) >= 11 is 0. The second-order valence-electron chi connectivity index (χ2n) is 3.59. The van der Waals surface area contributed by atoms with Crippen molar-refractivity contribution in [2.75, 3.05) is 0 Å². The molecule has 1 N–H and O–H groups in total. The average molecular weight is 214 g/mol. The first kappa shape index (κ1) is 10.5. The van der Waals surface area contributed by atoms with Crippen molar-refractivity contribution in [3.63, 3.8) is 0 Å². The minimum atomic E-state index is -4.42. The van der Waals surface area contributed by atoms with Gasteiger partial charge in [0, 0.05) is 6.42 Å². The second-order valence-corrected chi connectivity index (χ2v) is 3.59. The summed E-state index contributed by atoms with van der Waals surface area (Å²) in [5, 5.41) is 9.37. The van der Waals surface area contributed by atoms with Gasteiger partial charge in [0.1, 0.15) is 0 Å². The van der Waals surface area contributed by atoms with Crippen LogP contribution in [0.5, 0.6) is 0 Å². The van der Waals surface area contributed by atoms with Crippen LogP contribution < -0.4 is 0 Å². The van der Waals surface area contributed by atoms with E-state index in [1.165, 1.54) is 0 Å². The fourth-order valence-corrected chi connectivity index (χ4v) is 1.75. The fraction of sp³-hybridized carbons (Fsp3) is 0.364. The van der Waals surface area contributed by atoms with Gasteiger partial charge >= 0.3 is 6.18 Å². The van der Waals surface area contributed by atoms with E-state index in [1.807, 2.05) is 0 Å². The molecule has 2 unspecified atom stereocenters. The van der Waals surface area contributed by atoms with E-state index < -0.39 is 18.2 Å². The number of halogens is 3. The predicted molar refractivity (Wildman–Crippen MR) is 48.0 cm³/mol. The van der Waals surface area contributed by atoms with Crippen LogP contribution in [0.25, 0.3) is 0 Å². The first-order valence-electron chi connectivity index (χ1n) is 4.57. The number of benzene rings is 1. The third-order valence-electron chi connectivity index (χ3n) is 2.49. The highest BCUT2D eigenvalue weighted by molar-refractivity contribution is 5.37. The highest BCUT2D eigenvalue weighted by Crippen LogP contribution is 2.38. The van der Waals surface area contributed by atoms with Gasteiger partial charge in [0.2, 0.25) is 0 Å². The first-order chi connectivity index (χ1) is 6.98. The van der Waals surface area contributed by atoms with Crippen molar-refractivity contribution in [2.45, 2.75) is 18.7 Å². The number of alkyl halides is 3. The summed E-state index contributed by atoms with van der Waals surface area (Å²) in [6.07, 6.45) is -3.49. The topological polar surface area (TPSA) is 20.2 Å². The van der Waals surface area contributed by atoms with Gasteiger partial charge in [-0.2, -0.15) is 13.2 Å². The van der Waals surface area contributed by atoms with Crippen LogP contribution in [0.2, 0.25) is 0 Å². The molecule has 2 radical (unpaired) electrons. The molecular weight excluding hydrogens is 205 g/mol. The van der Waals surface area contributed by atoms with Crippen LogP contribution in [0.15, 0.2) is 24.3 Å². The second kappa shape index (κ2) is 3.52. The molecule has 1 aromatic rings. The Hall–Kier alpha value is -1.03. The van der Waals surface area contributed by atoms with Crippen LogP contribution in [0.3, 0.4) is 0 Å². The SMILES string of the molecule is OC1Cc2ccccc2[C]C1C(F)(F)F. The molecule has 15 heavy (non-hydrogen) atoms. The molecule has 2 rings (SSSR count). The molecule has 0 saturated carbocycles. The lowest BCUT2D eigenvalue weighted by molar-refractivity contribution is -0.189. The monoisotopic (exact) mass is 214 g/mol. The van der Waals surface area contributed by atoms with Gasteiger partial charge in [0.05, 0.1) is 12.0 Å². The zero-order chi connectivity index (χ0) is 11.1. The number of hydrogen-bond donors (Lipinski definition) is 1. The van der Waals surface area contributed by atoms with Gasteiger partial charge in [0.15, 0.2) is 0 Å². The Labute approximate surface area is 85.5 Å². The zero-order valence-electron chi connectivity index (χ0n) is 7.75. The molecule has 80 valence electrons. The van der Waals surface area contributed by atoms with Crippen LogP contribution in [0.4, 0.5) is 13.2 Å². The van der Waals surface area contributed by atoms with Crippen molar-refractivity contribution in [3.8, 4) is 0 Å². The Bertz CT molecular complexity index is 359. The highest BCUT2D eigenvalue weighted by Gasteiger charge is 2.46. The minimum absolute atomic E-state index is 0.0351. The molecule has 1 aliphatic rings. The fourth-order valence-electron chi connectivity index (χ4n) is 1.75.